The molecule has 6 heteroatoms. The minimum atomic E-state index is -0.530. The van der Waals surface area contributed by atoms with E-state index in [0.717, 1.165) is 0 Å². The molecule has 0 saturated carbocycles. The number of hydrogen-bond donors (Lipinski definition) is 0. The Balaban J connectivity index is 1.63. The van der Waals surface area contributed by atoms with Crippen molar-refractivity contribution < 1.29 is 28.5 Å². The highest BCUT2D eigenvalue weighted by atomic mass is 16.5. The molecule has 0 heterocycles. The monoisotopic (exact) mass is 454 g/mol. The van der Waals surface area contributed by atoms with Crippen LogP contribution in [0.15, 0.2) is 97.1 Å². The first-order valence-corrected chi connectivity index (χ1v) is 10.5. The molecule has 0 amide bonds. The summed E-state index contributed by atoms with van der Waals surface area (Å²) < 4.78 is 21.8. The van der Waals surface area contributed by atoms with E-state index in [2.05, 4.69) is 0 Å². The molecule has 0 radical (unpaired) electrons. The van der Waals surface area contributed by atoms with E-state index in [-0.39, 0.29) is 0 Å². The van der Waals surface area contributed by atoms with E-state index in [0.29, 0.717) is 45.3 Å². The van der Waals surface area contributed by atoms with E-state index >= 15 is 0 Å². The van der Waals surface area contributed by atoms with Gasteiger partial charge in [0.2, 0.25) is 0 Å². The lowest BCUT2D eigenvalue weighted by atomic mass is 10.0. The minimum absolute atomic E-state index is 0.334. The Morgan fingerprint density at radius 1 is 0.529 bits per heavy atom. The summed E-state index contributed by atoms with van der Waals surface area (Å²) in [6, 6.07) is 27.6. The lowest BCUT2D eigenvalue weighted by Crippen LogP contribution is -2.11. The molecular formula is C28H22O6. The van der Waals surface area contributed by atoms with Crippen molar-refractivity contribution in [3.05, 3.63) is 108 Å². The molecule has 4 aromatic carbocycles. The first-order valence-electron chi connectivity index (χ1n) is 10.5. The van der Waals surface area contributed by atoms with Gasteiger partial charge in [0.25, 0.3) is 0 Å². The molecule has 6 nitrogen and oxygen atoms in total. The third-order valence-electron chi connectivity index (χ3n) is 5.08. The molecule has 0 saturated heterocycles. The number of carbonyl (C=O) groups excluding carboxylic acids is 2. The average Bonchev–Trinajstić information content (AvgIpc) is 2.89. The Morgan fingerprint density at radius 2 is 0.941 bits per heavy atom. The molecule has 0 unspecified atom stereocenters. The molecule has 0 aliphatic heterocycles. The van der Waals surface area contributed by atoms with E-state index in [9.17, 15) is 9.59 Å². The van der Waals surface area contributed by atoms with Crippen LogP contribution in [0, 0.1) is 0 Å². The second-order valence-electron chi connectivity index (χ2n) is 7.24. The SMILES string of the molecule is COc1cccc(C(=O)Oc2ccccc2-c2ccccc2OC(=O)c2cccc(OC)c2)c1. The topological polar surface area (TPSA) is 71.1 Å². The minimum Gasteiger partial charge on any atom is -0.497 e. The maximum absolute atomic E-state index is 12.8. The zero-order chi connectivity index (χ0) is 23.9. The van der Waals surface area contributed by atoms with Crippen LogP contribution in [0.2, 0.25) is 0 Å². The normalized spacial score (nSPS) is 10.3. The van der Waals surface area contributed by atoms with Crippen molar-refractivity contribution in [1.82, 2.24) is 0 Å². The molecular weight excluding hydrogens is 432 g/mol. The van der Waals surface area contributed by atoms with Crippen molar-refractivity contribution in [1.29, 1.82) is 0 Å². The fourth-order valence-electron chi connectivity index (χ4n) is 3.37. The first-order chi connectivity index (χ1) is 16.6. The highest BCUT2D eigenvalue weighted by Gasteiger charge is 2.18. The highest BCUT2D eigenvalue weighted by Crippen LogP contribution is 2.37. The number of benzene rings is 4. The van der Waals surface area contributed by atoms with Crippen LogP contribution in [-0.2, 0) is 0 Å². The van der Waals surface area contributed by atoms with Gasteiger partial charge in [-0.25, -0.2) is 9.59 Å². The summed E-state index contributed by atoms with van der Waals surface area (Å²) in [7, 11) is 3.06. The Labute approximate surface area is 197 Å². The lowest BCUT2D eigenvalue weighted by molar-refractivity contribution is 0.0723. The van der Waals surface area contributed by atoms with Gasteiger partial charge in [-0.3, -0.25) is 0 Å². The van der Waals surface area contributed by atoms with Gasteiger partial charge in [0.05, 0.1) is 25.3 Å². The van der Waals surface area contributed by atoms with Gasteiger partial charge in [-0.15, -0.1) is 0 Å². The van der Waals surface area contributed by atoms with Crippen LogP contribution in [0.4, 0.5) is 0 Å². The third-order valence-corrected chi connectivity index (χ3v) is 5.08. The summed E-state index contributed by atoms with van der Waals surface area (Å²) in [5.41, 5.74) is 1.92. The van der Waals surface area contributed by atoms with Crippen LogP contribution < -0.4 is 18.9 Å². The number of para-hydroxylation sites is 2. The van der Waals surface area contributed by atoms with Gasteiger partial charge in [0.15, 0.2) is 0 Å². The molecule has 0 aliphatic carbocycles. The summed E-state index contributed by atoms with van der Waals surface area (Å²) in [4.78, 5) is 25.6. The quantitative estimate of drug-likeness (QED) is 0.259. The molecule has 34 heavy (non-hydrogen) atoms. The maximum atomic E-state index is 12.8. The van der Waals surface area contributed by atoms with Gasteiger partial charge in [-0.05, 0) is 48.5 Å². The lowest BCUT2D eigenvalue weighted by Gasteiger charge is -2.14. The molecule has 4 aromatic rings. The molecule has 0 atom stereocenters. The number of esters is 2. The fraction of sp³-hybridized carbons (Fsp3) is 0.0714. The highest BCUT2D eigenvalue weighted by molar-refractivity contribution is 5.94. The van der Waals surface area contributed by atoms with Gasteiger partial charge in [-0.2, -0.15) is 0 Å². The number of ether oxygens (including phenoxy) is 4. The first kappa shape index (κ1) is 22.6. The van der Waals surface area contributed by atoms with Crippen LogP contribution in [0.25, 0.3) is 11.1 Å². The van der Waals surface area contributed by atoms with E-state index in [4.69, 9.17) is 18.9 Å². The van der Waals surface area contributed by atoms with Gasteiger partial charge < -0.3 is 18.9 Å². The Hall–Kier alpha value is -4.58. The smallest absolute Gasteiger partial charge is 0.343 e. The van der Waals surface area contributed by atoms with Gasteiger partial charge in [0.1, 0.15) is 23.0 Å². The van der Waals surface area contributed by atoms with Crippen LogP contribution in [-0.4, -0.2) is 26.2 Å². The Morgan fingerprint density at radius 3 is 1.35 bits per heavy atom. The van der Waals surface area contributed by atoms with Gasteiger partial charge in [-0.1, -0.05) is 48.5 Å². The summed E-state index contributed by atoms with van der Waals surface area (Å²) in [6.07, 6.45) is 0. The second-order valence-corrected chi connectivity index (χ2v) is 7.24. The molecule has 0 aromatic heterocycles. The van der Waals surface area contributed by atoms with E-state index in [1.54, 1.807) is 84.9 Å². The number of rotatable bonds is 7. The standard InChI is InChI=1S/C28H22O6/c1-31-21-11-7-9-19(17-21)27(29)33-25-15-5-3-13-23(25)24-14-4-6-16-26(24)34-28(30)20-10-8-12-22(18-20)32-2/h3-18H,1-2H3. The average molecular weight is 454 g/mol. The largest absolute Gasteiger partial charge is 0.497 e. The number of carbonyl (C=O) groups is 2. The number of hydrogen-bond acceptors (Lipinski definition) is 6. The molecule has 170 valence electrons. The van der Waals surface area contributed by atoms with Crippen LogP contribution in [0.5, 0.6) is 23.0 Å². The van der Waals surface area contributed by atoms with Crippen LogP contribution in [0.3, 0.4) is 0 Å². The summed E-state index contributed by atoms with van der Waals surface area (Å²) in [5.74, 6) is 0.713. The fourth-order valence-corrected chi connectivity index (χ4v) is 3.37. The molecule has 4 rings (SSSR count). The van der Waals surface area contributed by atoms with Crippen molar-refractivity contribution in [3.8, 4) is 34.1 Å². The number of methoxy groups -OCH3 is 2. The summed E-state index contributed by atoms with van der Waals surface area (Å²) >= 11 is 0. The van der Waals surface area contributed by atoms with Crippen LogP contribution in [0.1, 0.15) is 20.7 Å². The summed E-state index contributed by atoms with van der Waals surface area (Å²) in [5, 5.41) is 0. The molecule has 0 bridgehead atoms. The third kappa shape index (κ3) is 5.07. The molecule has 0 aliphatic rings. The Kier molecular flexibility index (Phi) is 6.89. The van der Waals surface area contributed by atoms with Gasteiger partial charge in [0, 0.05) is 11.1 Å². The Bertz CT molecular complexity index is 1220. The van der Waals surface area contributed by atoms with E-state index < -0.39 is 11.9 Å². The molecule has 0 fully saturated rings. The van der Waals surface area contributed by atoms with Crippen molar-refractivity contribution >= 4 is 11.9 Å². The van der Waals surface area contributed by atoms with Gasteiger partial charge >= 0.3 is 11.9 Å². The molecule has 0 spiro atoms. The predicted molar refractivity (Wildman–Crippen MR) is 128 cm³/mol. The van der Waals surface area contributed by atoms with Crippen molar-refractivity contribution in [2.75, 3.05) is 14.2 Å². The van der Waals surface area contributed by atoms with Crippen molar-refractivity contribution in [3.63, 3.8) is 0 Å². The second kappa shape index (κ2) is 10.4. The zero-order valence-electron chi connectivity index (χ0n) is 18.7. The predicted octanol–water partition coefficient (Wildman–Crippen LogP) is 5.81. The van der Waals surface area contributed by atoms with Crippen LogP contribution >= 0.6 is 0 Å². The zero-order valence-corrected chi connectivity index (χ0v) is 18.7. The maximum Gasteiger partial charge on any atom is 0.343 e. The van der Waals surface area contributed by atoms with E-state index in [1.807, 2.05) is 12.1 Å². The van der Waals surface area contributed by atoms with Crippen molar-refractivity contribution in [2.24, 2.45) is 0 Å². The molecule has 0 N–H and O–H groups in total. The summed E-state index contributed by atoms with van der Waals surface area (Å²) in [6.45, 7) is 0. The van der Waals surface area contributed by atoms with E-state index in [1.165, 1.54) is 14.2 Å². The van der Waals surface area contributed by atoms with Crippen molar-refractivity contribution in [2.45, 2.75) is 0 Å².